The van der Waals surface area contributed by atoms with Gasteiger partial charge >= 0.3 is 0 Å². The minimum Gasteiger partial charge on any atom is -0.508 e. The van der Waals surface area contributed by atoms with Crippen LogP contribution in [0.15, 0.2) is 24.3 Å². The van der Waals surface area contributed by atoms with Crippen molar-refractivity contribution >= 4 is 39.2 Å². The van der Waals surface area contributed by atoms with Gasteiger partial charge in [0.05, 0.1) is 10.6 Å². The third-order valence-electron chi connectivity index (χ3n) is 9.41. The van der Waals surface area contributed by atoms with Crippen LogP contribution >= 0.6 is 11.6 Å². The zero-order chi connectivity index (χ0) is 29.5. The molecular formula is C31H27ClF3N7O. The second kappa shape index (κ2) is 9.91. The first-order chi connectivity index (χ1) is 20.8. The van der Waals surface area contributed by atoms with Gasteiger partial charge in [-0.3, -0.25) is 4.90 Å². The standard InChI is InChI=1S/C31H27ClF3N7O/c32-25-22(34)5-2-16-10-20(43)11-21(24(16)25)27-26(35)28-29(40-39-27)30(42-15-18-3-4-19(42)13-36-18)38-23(37-28)6-8-31-7-1-9-41(31)14-17(33)12-31/h2,5,10-11,17-19,36,43H,1,3-4,7,9,12-15H2/t17-,18-,19-,31-/m1/s1. The lowest BCUT2D eigenvalue weighted by Crippen LogP contribution is -2.61. The first kappa shape index (κ1) is 26.9. The SMILES string of the molecule is Oc1cc(-c2nnc3c(N4C[C@H]5CC[C@@H]4CN5)nc(C#C[C@@]45CCCN4C[C@H](F)C5)nc3c2F)c2c(Cl)c(F)ccc2c1. The Morgan fingerprint density at radius 2 is 1.98 bits per heavy atom. The Kier molecular flexibility index (Phi) is 6.19. The number of anilines is 1. The zero-order valence-electron chi connectivity index (χ0n) is 23.0. The molecule has 9 rings (SSSR count). The van der Waals surface area contributed by atoms with Crippen molar-refractivity contribution in [3.05, 3.63) is 46.7 Å². The molecule has 0 radical (unpaired) electrons. The molecule has 0 saturated carbocycles. The topological polar surface area (TPSA) is 90.3 Å². The van der Waals surface area contributed by atoms with E-state index in [4.69, 9.17) is 16.6 Å². The summed E-state index contributed by atoms with van der Waals surface area (Å²) in [5.74, 6) is 5.25. The molecular weight excluding hydrogens is 579 g/mol. The summed E-state index contributed by atoms with van der Waals surface area (Å²) in [6, 6.07) is 5.74. The molecule has 4 aromatic rings. The quantitative estimate of drug-likeness (QED) is 0.317. The highest BCUT2D eigenvalue weighted by Crippen LogP contribution is 2.41. The number of aromatic hydroxyl groups is 1. The van der Waals surface area contributed by atoms with Crippen LogP contribution in [-0.4, -0.2) is 80.1 Å². The maximum Gasteiger partial charge on any atom is 0.207 e. The Hall–Kier alpha value is -3.72. The van der Waals surface area contributed by atoms with E-state index in [0.717, 1.165) is 38.8 Å². The van der Waals surface area contributed by atoms with Gasteiger partial charge in [-0.15, -0.1) is 10.2 Å². The fraction of sp³-hybridized carbons (Fsp3) is 0.419. The monoisotopic (exact) mass is 605 g/mol. The molecule has 0 unspecified atom stereocenters. The van der Waals surface area contributed by atoms with Crippen LogP contribution in [-0.2, 0) is 0 Å². The number of halogens is 4. The van der Waals surface area contributed by atoms with Crippen molar-refractivity contribution in [3.8, 4) is 28.8 Å². The van der Waals surface area contributed by atoms with Gasteiger partial charge in [-0.05, 0) is 61.7 Å². The van der Waals surface area contributed by atoms with E-state index in [1.165, 1.54) is 24.3 Å². The van der Waals surface area contributed by atoms with Gasteiger partial charge in [-0.25, -0.2) is 23.1 Å². The summed E-state index contributed by atoms with van der Waals surface area (Å²) >= 11 is 6.34. The van der Waals surface area contributed by atoms with Crippen LogP contribution in [0.4, 0.5) is 19.0 Å². The summed E-state index contributed by atoms with van der Waals surface area (Å²) in [6.45, 7) is 2.58. The van der Waals surface area contributed by atoms with Gasteiger partial charge in [-0.1, -0.05) is 23.6 Å². The number of piperazine rings is 1. The highest BCUT2D eigenvalue weighted by Gasteiger charge is 2.47. The summed E-state index contributed by atoms with van der Waals surface area (Å²) in [7, 11) is 0. The third-order valence-corrected chi connectivity index (χ3v) is 9.78. The Bertz CT molecular complexity index is 1870. The minimum absolute atomic E-state index is 0.0841. The highest BCUT2D eigenvalue weighted by atomic mass is 35.5. The number of nitrogens with one attached hydrogen (secondary N) is 1. The van der Waals surface area contributed by atoms with E-state index >= 15 is 4.39 Å². The fourth-order valence-corrected chi connectivity index (χ4v) is 7.65. The van der Waals surface area contributed by atoms with Gasteiger partial charge < -0.3 is 15.3 Å². The molecule has 0 amide bonds. The lowest BCUT2D eigenvalue weighted by molar-refractivity contribution is 0.255. The number of aromatic nitrogens is 4. The Balaban J connectivity index is 1.33. The predicted molar refractivity (Wildman–Crippen MR) is 157 cm³/mol. The predicted octanol–water partition coefficient (Wildman–Crippen LogP) is 4.75. The van der Waals surface area contributed by atoms with Crippen LogP contribution in [0.1, 0.15) is 37.9 Å². The van der Waals surface area contributed by atoms with Crippen molar-refractivity contribution in [3.63, 3.8) is 0 Å². The smallest absolute Gasteiger partial charge is 0.207 e. The van der Waals surface area contributed by atoms with E-state index in [1.54, 1.807) is 0 Å². The maximum absolute atomic E-state index is 16.6. The van der Waals surface area contributed by atoms with Crippen LogP contribution in [0.25, 0.3) is 33.1 Å². The van der Waals surface area contributed by atoms with Crippen LogP contribution in [0.2, 0.25) is 5.02 Å². The Morgan fingerprint density at radius 1 is 1.09 bits per heavy atom. The molecule has 2 aromatic heterocycles. The lowest BCUT2D eigenvalue weighted by atomic mass is 9.93. The number of nitrogens with zero attached hydrogens (tertiary/aromatic N) is 6. The largest absolute Gasteiger partial charge is 0.508 e. The van der Waals surface area contributed by atoms with E-state index in [0.29, 0.717) is 30.7 Å². The average Bonchev–Trinajstić information content (AvgIpc) is 3.54. The number of fused-ring (bicyclic) bond motifs is 6. The van der Waals surface area contributed by atoms with Crippen molar-refractivity contribution in [2.24, 2.45) is 0 Å². The van der Waals surface area contributed by atoms with Gasteiger partial charge in [0.2, 0.25) is 5.82 Å². The molecule has 5 fully saturated rings. The average molecular weight is 606 g/mol. The summed E-state index contributed by atoms with van der Waals surface area (Å²) in [6.07, 6.45) is 3.06. The molecule has 43 heavy (non-hydrogen) atoms. The molecule has 5 saturated heterocycles. The van der Waals surface area contributed by atoms with Crippen molar-refractivity contribution in [1.29, 1.82) is 0 Å². The highest BCUT2D eigenvalue weighted by molar-refractivity contribution is 6.37. The number of rotatable bonds is 2. The molecule has 5 aliphatic rings. The number of alkyl halides is 1. The van der Waals surface area contributed by atoms with Crippen molar-refractivity contribution in [2.45, 2.75) is 55.9 Å². The van der Waals surface area contributed by atoms with Gasteiger partial charge in [0.25, 0.3) is 0 Å². The van der Waals surface area contributed by atoms with E-state index in [2.05, 4.69) is 42.1 Å². The number of hydrogen-bond acceptors (Lipinski definition) is 8. The Labute approximate surface area is 250 Å². The molecule has 12 heteroatoms. The minimum atomic E-state index is -0.942. The van der Waals surface area contributed by atoms with Crippen LogP contribution in [0, 0.1) is 23.5 Å². The van der Waals surface area contributed by atoms with E-state index in [1.807, 2.05) is 0 Å². The zero-order valence-corrected chi connectivity index (χ0v) is 23.8. The molecule has 220 valence electrons. The molecule has 8 nitrogen and oxygen atoms in total. The van der Waals surface area contributed by atoms with Crippen molar-refractivity contribution in [1.82, 2.24) is 30.4 Å². The van der Waals surface area contributed by atoms with Crippen LogP contribution in [0.5, 0.6) is 5.75 Å². The second-order valence-corrected chi connectivity index (χ2v) is 12.4. The lowest BCUT2D eigenvalue weighted by Gasteiger charge is -2.46. The first-order valence-electron chi connectivity index (χ1n) is 14.6. The molecule has 7 heterocycles. The fourth-order valence-electron chi connectivity index (χ4n) is 7.37. The van der Waals surface area contributed by atoms with E-state index < -0.39 is 23.3 Å². The summed E-state index contributed by atoms with van der Waals surface area (Å²) in [5, 5.41) is 23.0. The second-order valence-electron chi connectivity index (χ2n) is 12.0. The summed E-state index contributed by atoms with van der Waals surface area (Å²) in [4.78, 5) is 13.5. The van der Waals surface area contributed by atoms with Crippen LogP contribution < -0.4 is 10.2 Å². The van der Waals surface area contributed by atoms with E-state index in [9.17, 15) is 13.9 Å². The van der Waals surface area contributed by atoms with Crippen molar-refractivity contribution < 1.29 is 18.3 Å². The number of piperidine rings is 2. The Morgan fingerprint density at radius 3 is 2.77 bits per heavy atom. The summed E-state index contributed by atoms with van der Waals surface area (Å²) in [5.41, 5.74) is -0.628. The van der Waals surface area contributed by atoms with Crippen LogP contribution in [0.3, 0.4) is 0 Å². The summed E-state index contributed by atoms with van der Waals surface area (Å²) < 4.78 is 45.5. The molecule has 2 bridgehead atoms. The van der Waals surface area contributed by atoms with Gasteiger partial charge in [0.15, 0.2) is 17.2 Å². The molecule has 5 aliphatic heterocycles. The number of phenolic OH excluding ortho intramolecular Hbond substituents is 1. The third kappa shape index (κ3) is 4.30. The number of phenols is 1. The van der Waals surface area contributed by atoms with Gasteiger partial charge in [0.1, 0.15) is 28.9 Å². The number of hydrogen-bond donors (Lipinski definition) is 2. The molecule has 2 N–H and O–H groups in total. The normalized spacial score (nSPS) is 26.7. The van der Waals surface area contributed by atoms with Gasteiger partial charge in [-0.2, -0.15) is 0 Å². The molecule has 0 aliphatic carbocycles. The van der Waals surface area contributed by atoms with Gasteiger partial charge in [0, 0.05) is 49.1 Å². The molecule has 0 spiro atoms. The molecule has 4 atom stereocenters. The molecule has 2 aromatic carbocycles. The first-order valence-corrected chi connectivity index (χ1v) is 14.9. The number of benzene rings is 2. The maximum atomic E-state index is 16.6. The van der Waals surface area contributed by atoms with Crippen molar-refractivity contribution in [2.75, 3.05) is 31.1 Å². The van der Waals surface area contributed by atoms with E-state index in [-0.39, 0.29) is 56.4 Å².